The summed E-state index contributed by atoms with van der Waals surface area (Å²) < 4.78 is 0.711. The van der Waals surface area contributed by atoms with Crippen LogP contribution in [0.25, 0.3) is 0 Å². The molecule has 2 aromatic rings. The predicted octanol–water partition coefficient (Wildman–Crippen LogP) is 3.76. The maximum atomic E-state index is 12.1. The van der Waals surface area contributed by atoms with Crippen molar-refractivity contribution in [3.63, 3.8) is 0 Å². The van der Waals surface area contributed by atoms with E-state index in [9.17, 15) is 4.79 Å². The molecule has 0 saturated heterocycles. The third-order valence-corrected chi connectivity index (χ3v) is 4.20. The van der Waals surface area contributed by atoms with Gasteiger partial charge < -0.3 is 4.90 Å². The van der Waals surface area contributed by atoms with Gasteiger partial charge in [0, 0.05) is 22.2 Å². The van der Waals surface area contributed by atoms with Gasteiger partial charge in [0.05, 0.1) is 5.56 Å². The van der Waals surface area contributed by atoms with Gasteiger partial charge >= 0.3 is 0 Å². The molecule has 22 heavy (non-hydrogen) atoms. The summed E-state index contributed by atoms with van der Waals surface area (Å²) in [5.74, 6) is -0.283. The molecule has 1 amide bonds. The fraction of sp³-hybridized carbons (Fsp3) is 0.0667. The fourth-order valence-electron chi connectivity index (χ4n) is 1.71. The number of anilines is 1. The van der Waals surface area contributed by atoms with Crippen LogP contribution in [0.1, 0.15) is 10.4 Å². The Morgan fingerprint density at radius 3 is 2.59 bits per heavy atom. The highest BCUT2D eigenvalue weighted by atomic mass is 79.9. The lowest BCUT2D eigenvalue weighted by Gasteiger charge is -2.21. The molecule has 0 aliphatic carbocycles. The molecule has 114 valence electrons. The first-order valence-electron chi connectivity index (χ1n) is 6.33. The summed E-state index contributed by atoms with van der Waals surface area (Å²) in [6, 6.07) is 14.4. The van der Waals surface area contributed by atoms with Crippen LogP contribution >= 0.6 is 39.7 Å². The molecule has 0 saturated carbocycles. The SMILES string of the molecule is CN(C(=S)NNC(=O)c1ccccc1Br)c1cccc(Cl)c1. The van der Waals surface area contributed by atoms with Gasteiger partial charge in [0.1, 0.15) is 0 Å². The van der Waals surface area contributed by atoms with Crippen LogP contribution in [0.15, 0.2) is 53.0 Å². The molecule has 7 heteroatoms. The van der Waals surface area contributed by atoms with Crippen LogP contribution in [0, 0.1) is 0 Å². The van der Waals surface area contributed by atoms with Crippen LogP contribution in [0.2, 0.25) is 5.02 Å². The second-order valence-electron chi connectivity index (χ2n) is 4.40. The number of rotatable bonds is 2. The lowest BCUT2D eigenvalue weighted by atomic mass is 10.2. The van der Waals surface area contributed by atoms with Gasteiger partial charge in [-0.25, -0.2) is 0 Å². The smallest absolute Gasteiger partial charge is 0.270 e. The van der Waals surface area contributed by atoms with Gasteiger partial charge in [-0.1, -0.05) is 29.8 Å². The molecular formula is C15H13BrClN3OS. The largest absolute Gasteiger partial charge is 0.321 e. The van der Waals surface area contributed by atoms with E-state index in [0.29, 0.717) is 20.2 Å². The molecule has 2 aromatic carbocycles. The van der Waals surface area contributed by atoms with Crippen molar-refractivity contribution in [2.75, 3.05) is 11.9 Å². The molecule has 0 heterocycles. The van der Waals surface area contributed by atoms with Crippen molar-refractivity contribution in [3.8, 4) is 0 Å². The molecule has 0 fully saturated rings. The van der Waals surface area contributed by atoms with Crippen LogP contribution in [0.5, 0.6) is 0 Å². The van der Waals surface area contributed by atoms with Gasteiger partial charge in [0.15, 0.2) is 5.11 Å². The summed E-state index contributed by atoms with van der Waals surface area (Å²) in [4.78, 5) is 13.8. The summed E-state index contributed by atoms with van der Waals surface area (Å²) in [5.41, 5.74) is 6.63. The molecule has 2 N–H and O–H groups in total. The van der Waals surface area contributed by atoms with Crippen molar-refractivity contribution in [1.82, 2.24) is 10.9 Å². The van der Waals surface area contributed by atoms with E-state index in [0.717, 1.165) is 5.69 Å². The lowest BCUT2D eigenvalue weighted by Crippen LogP contribution is -2.47. The average Bonchev–Trinajstić information content (AvgIpc) is 2.52. The highest BCUT2D eigenvalue weighted by Crippen LogP contribution is 2.18. The number of carbonyl (C=O) groups is 1. The Morgan fingerprint density at radius 2 is 1.91 bits per heavy atom. The first kappa shape index (κ1) is 16.7. The zero-order valence-corrected chi connectivity index (χ0v) is 14.8. The van der Waals surface area contributed by atoms with E-state index in [-0.39, 0.29) is 5.91 Å². The summed E-state index contributed by atoms with van der Waals surface area (Å²) in [6.07, 6.45) is 0. The van der Waals surface area contributed by atoms with Gasteiger partial charge in [-0.2, -0.15) is 0 Å². The van der Waals surface area contributed by atoms with E-state index in [2.05, 4.69) is 26.8 Å². The number of halogens is 2. The monoisotopic (exact) mass is 397 g/mol. The number of benzene rings is 2. The highest BCUT2D eigenvalue weighted by Gasteiger charge is 2.11. The number of nitrogens with one attached hydrogen (secondary N) is 2. The standard InChI is InChI=1S/C15H13BrClN3OS/c1-20(11-6-4-5-10(17)9-11)15(22)19-18-14(21)12-7-2-3-8-13(12)16/h2-9H,1H3,(H,18,21)(H,19,22). The second kappa shape index (κ2) is 7.58. The van der Waals surface area contributed by atoms with E-state index in [4.69, 9.17) is 23.8 Å². The molecule has 2 rings (SSSR count). The van der Waals surface area contributed by atoms with E-state index in [1.54, 1.807) is 42.3 Å². The van der Waals surface area contributed by atoms with Gasteiger partial charge in [-0.05, 0) is 58.5 Å². The summed E-state index contributed by atoms with van der Waals surface area (Å²) in [5, 5.41) is 0.965. The summed E-state index contributed by atoms with van der Waals surface area (Å²) in [6.45, 7) is 0. The molecule has 0 aliphatic rings. The minimum Gasteiger partial charge on any atom is -0.321 e. The maximum absolute atomic E-state index is 12.1. The minimum absolute atomic E-state index is 0.283. The van der Waals surface area contributed by atoms with Crippen LogP contribution in [-0.4, -0.2) is 18.1 Å². The highest BCUT2D eigenvalue weighted by molar-refractivity contribution is 9.10. The van der Waals surface area contributed by atoms with Crippen LogP contribution in [0.3, 0.4) is 0 Å². The maximum Gasteiger partial charge on any atom is 0.270 e. The minimum atomic E-state index is -0.283. The van der Waals surface area contributed by atoms with Crippen molar-refractivity contribution >= 4 is 56.5 Å². The fourth-order valence-corrected chi connectivity index (χ4v) is 2.51. The molecular weight excluding hydrogens is 386 g/mol. The first-order valence-corrected chi connectivity index (χ1v) is 7.91. The number of carbonyl (C=O) groups excluding carboxylic acids is 1. The van der Waals surface area contributed by atoms with Crippen LogP contribution in [-0.2, 0) is 0 Å². The van der Waals surface area contributed by atoms with Crippen molar-refractivity contribution in [2.45, 2.75) is 0 Å². The Bertz CT molecular complexity index is 711. The predicted molar refractivity (Wildman–Crippen MR) is 97.2 cm³/mol. The quantitative estimate of drug-likeness (QED) is 0.597. The number of hydrazine groups is 1. The Morgan fingerprint density at radius 1 is 1.18 bits per heavy atom. The van der Waals surface area contributed by atoms with E-state index in [1.807, 2.05) is 18.2 Å². The van der Waals surface area contributed by atoms with Crippen molar-refractivity contribution in [2.24, 2.45) is 0 Å². The second-order valence-corrected chi connectivity index (χ2v) is 6.08. The van der Waals surface area contributed by atoms with Crippen LogP contribution in [0.4, 0.5) is 5.69 Å². The molecule has 0 spiro atoms. The third-order valence-electron chi connectivity index (χ3n) is 2.90. The van der Waals surface area contributed by atoms with Crippen LogP contribution < -0.4 is 15.8 Å². The number of nitrogens with zero attached hydrogens (tertiary/aromatic N) is 1. The number of thiocarbonyl (C=S) groups is 1. The molecule has 0 atom stereocenters. The Kier molecular flexibility index (Phi) is 5.76. The first-order chi connectivity index (χ1) is 10.5. The van der Waals surface area contributed by atoms with Gasteiger partial charge in [0.2, 0.25) is 0 Å². The summed E-state index contributed by atoms with van der Waals surface area (Å²) in [7, 11) is 1.78. The molecule has 0 bridgehead atoms. The number of hydrogen-bond donors (Lipinski definition) is 2. The average molecular weight is 399 g/mol. The van der Waals surface area contributed by atoms with E-state index < -0.39 is 0 Å². The summed E-state index contributed by atoms with van der Waals surface area (Å²) >= 11 is 14.5. The molecule has 0 radical (unpaired) electrons. The zero-order valence-electron chi connectivity index (χ0n) is 11.6. The topological polar surface area (TPSA) is 44.4 Å². The van der Waals surface area contributed by atoms with E-state index in [1.165, 1.54) is 0 Å². The normalized spacial score (nSPS) is 9.95. The molecule has 0 aliphatic heterocycles. The number of hydrogen-bond acceptors (Lipinski definition) is 2. The van der Waals surface area contributed by atoms with Gasteiger partial charge in [0.25, 0.3) is 5.91 Å². The van der Waals surface area contributed by atoms with Crippen molar-refractivity contribution < 1.29 is 4.79 Å². The Labute approximate surface area is 147 Å². The van der Waals surface area contributed by atoms with Crippen molar-refractivity contribution in [1.29, 1.82) is 0 Å². The van der Waals surface area contributed by atoms with Gasteiger partial charge in [-0.15, -0.1) is 0 Å². The zero-order chi connectivity index (χ0) is 16.1. The molecule has 4 nitrogen and oxygen atoms in total. The number of amides is 1. The lowest BCUT2D eigenvalue weighted by molar-refractivity contribution is 0.0943. The van der Waals surface area contributed by atoms with Crippen molar-refractivity contribution in [3.05, 3.63) is 63.6 Å². The molecule has 0 aromatic heterocycles. The molecule has 0 unspecified atom stereocenters. The van der Waals surface area contributed by atoms with E-state index >= 15 is 0 Å². The Balaban J connectivity index is 1.98. The van der Waals surface area contributed by atoms with Gasteiger partial charge in [-0.3, -0.25) is 15.6 Å². The third kappa shape index (κ3) is 4.19. The Hall–Kier alpha value is -1.63.